The van der Waals surface area contributed by atoms with Gasteiger partial charge in [-0.2, -0.15) is 0 Å². The molecule has 0 amide bonds. The number of hydrogen-bond acceptors (Lipinski definition) is 3. The summed E-state index contributed by atoms with van der Waals surface area (Å²) in [5, 5.41) is 4.07. The Kier molecular flexibility index (Phi) is 5.42. The normalized spacial score (nSPS) is 12.6. The third-order valence-corrected chi connectivity index (χ3v) is 4.44. The van der Waals surface area contributed by atoms with Gasteiger partial charge >= 0.3 is 0 Å². The van der Waals surface area contributed by atoms with E-state index >= 15 is 0 Å². The number of aryl methyl sites for hydroxylation is 2. The SMILES string of the molecule is CCCNC(c1nc(CC)c(C)s1)c1cc(F)ccc1F. The first kappa shape index (κ1) is 16.0. The highest BCUT2D eigenvalue weighted by molar-refractivity contribution is 7.11. The van der Waals surface area contributed by atoms with E-state index in [1.54, 1.807) is 11.3 Å². The summed E-state index contributed by atoms with van der Waals surface area (Å²) in [4.78, 5) is 5.73. The molecule has 1 atom stereocenters. The number of nitrogens with zero attached hydrogens (tertiary/aromatic N) is 1. The lowest BCUT2D eigenvalue weighted by atomic mass is 10.1. The summed E-state index contributed by atoms with van der Waals surface area (Å²) < 4.78 is 27.6. The second-order valence-electron chi connectivity index (χ2n) is 4.96. The van der Waals surface area contributed by atoms with Gasteiger partial charge in [-0.05, 0) is 44.5 Å². The van der Waals surface area contributed by atoms with Gasteiger partial charge in [0.15, 0.2) is 0 Å². The summed E-state index contributed by atoms with van der Waals surface area (Å²) >= 11 is 1.54. The van der Waals surface area contributed by atoms with E-state index in [1.165, 1.54) is 12.1 Å². The van der Waals surface area contributed by atoms with E-state index in [9.17, 15) is 8.78 Å². The smallest absolute Gasteiger partial charge is 0.128 e. The molecule has 0 aliphatic heterocycles. The third-order valence-electron chi connectivity index (χ3n) is 3.36. The molecular formula is C16H20F2N2S. The Morgan fingerprint density at radius 2 is 2.05 bits per heavy atom. The molecule has 21 heavy (non-hydrogen) atoms. The van der Waals surface area contributed by atoms with E-state index in [-0.39, 0.29) is 0 Å². The average molecular weight is 310 g/mol. The number of halogens is 2. The highest BCUT2D eigenvalue weighted by atomic mass is 32.1. The van der Waals surface area contributed by atoms with Crippen LogP contribution in [-0.2, 0) is 6.42 Å². The lowest BCUT2D eigenvalue weighted by Crippen LogP contribution is -2.24. The highest BCUT2D eigenvalue weighted by Gasteiger charge is 2.22. The van der Waals surface area contributed by atoms with Crippen LogP contribution in [0.3, 0.4) is 0 Å². The van der Waals surface area contributed by atoms with Gasteiger partial charge in [0.2, 0.25) is 0 Å². The molecule has 1 N–H and O–H groups in total. The van der Waals surface area contributed by atoms with Crippen LogP contribution in [0.2, 0.25) is 0 Å². The van der Waals surface area contributed by atoms with Crippen molar-refractivity contribution in [1.82, 2.24) is 10.3 Å². The predicted molar refractivity (Wildman–Crippen MR) is 82.7 cm³/mol. The Bertz CT molecular complexity index is 610. The zero-order valence-electron chi connectivity index (χ0n) is 12.5. The van der Waals surface area contributed by atoms with Gasteiger partial charge in [-0.25, -0.2) is 13.8 Å². The number of thiazole rings is 1. The molecule has 114 valence electrons. The number of hydrogen-bond donors (Lipinski definition) is 1. The van der Waals surface area contributed by atoms with E-state index in [0.717, 1.165) is 41.0 Å². The molecule has 1 heterocycles. The molecule has 0 radical (unpaired) electrons. The fourth-order valence-corrected chi connectivity index (χ4v) is 3.36. The van der Waals surface area contributed by atoms with E-state index in [4.69, 9.17) is 0 Å². The van der Waals surface area contributed by atoms with Crippen molar-refractivity contribution in [2.24, 2.45) is 0 Å². The number of rotatable bonds is 6. The maximum atomic E-state index is 14.1. The van der Waals surface area contributed by atoms with Crippen molar-refractivity contribution >= 4 is 11.3 Å². The van der Waals surface area contributed by atoms with Gasteiger partial charge in [0, 0.05) is 10.4 Å². The molecule has 2 nitrogen and oxygen atoms in total. The fourth-order valence-electron chi connectivity index (χ4n) is 2.26. The molecule has 2 aromatic rings. The van der Waals surface area contributed by atoms with Gasteiger partial charge in [-0.3, -0.25) is 0 Å². The molecule has 0 spiro atoms. The zero-order valence-corrected chi connectivity index (χ0v) is 13.4. The molecule has 0 aliphatic rings. The fraction of sp³-hybridized carbons (Fsp3) is 0.438. The molecule has 0 saturated carbocycles. The molecule has 0 aliphatic carbocycles. The molecule has 0 saturated heterocycles. The van der Waals surface area contributed by atoms with E-state index in [1.807, 2.05) is 20.8 Å². The predicted octanol–water partition coefficient (Wildman–Crippen LogP) is 4.38. The summed E-state index contributed by atoms with van der Waals surface area (Å²) in [5.74, 6) is -0.838. The number of nitrogens with one attached hydrogen (secondary N) is 1. The number of benzene rings is 1. The number of aromatic nitrogens is 1. The topological polar surface area (TPSA) is 24.9 Å². The minimum absolute atomic E-state index is 0.319. The van der Waals surface area contributed by atoms with Crippen molar-refractivity contribution < 1.29 is 8.78 Å². The molecular weight excluding hydrogens is 290 g/mol. The van der Waals surface area contributed by atoms with Gasteiger partial charge < -0.3 is 5.32 Å². The largest absolute Gasteiger partial charge is 0.304 e. The molecule has 0 fully saturated rings. The summed E-state index contributed by atoms with van der Waals surface area (Å²) in [6.45, 7) is 6.82. The second-order valence-corrected chi connectivity index (χ2v) is 6.20. The van der Waals surface area contributed by atoms with Crippen LogP contribution >= 0.6 is 11.3 Å². The highest BCUT2D eigenvalue weighted by Crippen LogP contribution is 2.30. The van der Waals surface area contributed by atoms with Crippen molar-refractivity contribution in [3.05, 3.63) is 51.0 Å². The van der Waals surface area contributed by atoms with Gasteiger partial charge in [-0.1, -0.05) is 13.8 Å². The lowest BCUT2D eigenvalue weighted by Gasteiger charge is -2.17. The second kappa shape index (κ2) is 7.09. The van der Waals surface area contributed by atoms with Crippen LogP contribution in [0, 0.1) is 18.6 Å². The summed E-state index contributed by atoms with van der Waals surface area (Å²) in [6, 6.07) is 3.17. The molecule has 1 aromatic carbocycles. The summed E-state index contributed by atoms with van der Waals surface area (Å²) in [5.41, 5.74) is 1.34. The Morgan fingerprint density at radius 1 is 1.29 bits per heavy atom. The molecule has 0 bridgehead atoms. The van der Waals surface area contributed by atoms with Crippen LogP contribution in [0.25, 0.3) is 0 Å². The maximum Gasteiger partial charge on any atom is 0.128 e. The van der Waals surface area contributed by atoms with Crippen LogP contribution in [0.4, 0.5) is 8.78 Å². The minimum atomic E-state index is -0.432. The first-order chi connectivity index (χ1) is 10.1. The summed E-state index contributed by atoms with van der Waals surface area (Å²) in [6.07, 6.45) is 1.76. The molecule has 1 unspecified atom stereocenters. The van der Waals surface area contributed by atoms with Crippen molar-refractivity contribution in [1.29, 1.82) is 0 Å². The quantitative estimate of drug-likeness (QED) is 0.856. The minimum Gasteiger partial charge on any atom is -0.304 e. The Morgan fingerprint density at radius 3 is 2.67 bits per heavy atom. The van der Waals surface area contributed by atoms with Crippen LogP contribution in [0.1, 0.15) is 47.5 Å². The van der Waals surface area contributed by atoms with Crippen molar-refractivity contribution in [2.75, 3.05) is 6.54 Å². The van der Waals surface area contributed by atoms with Crippen LogP contribution in [0.5, 0.6) is 0 Å². The third kappa shape index (κ3) is 3.66. The average Bonchev–Trinajstić information content (AvgIpc) is 2.84. The van der Waals surface area contributed by atoms with Gasteiger partial charge in [0.1, 0.15) is 16.6 Å². The van der Waals surface area contributed by atoms with Crippen LogP contribution in [-0.4, -0.2) is 11.5 Å². The first-order valence-corrected chi connectivity index (χ1v) is 8.03. The lowest BCUT2D eigenvalue weighted by molar-refractivity contribution is 0.533. The van der Waals surface area contributed by atoms with Crippen LogP contribution in [0.15, 0.2) is 18.2 Å². The Hall–Kier alpha value is -1.33. The van der Waals surface area contributed by atoms with E-state index in [2.05, 4.69) is 10.3 Å². The first-order valence-electron chi connectivity index (χ1n) is 7.21. The van der Waals surface area contributed by atoms with Crippen molar-refractivity contribution in [3.63, 3.8) is 0 Å². The monoisotopic (exact) mass is 310 g/mol. The van der Waals surface area contributed by atoms with E-state index in [0.29, 0.717) is 5.56 Å². The Labute approximate surface area is 128 Å². The van der Waals surface area contributed by atoms with E-state index < -0.39 is 17.7 Å². The molecule has 5 heteroatoms. The van der Waals surface area contributed by atoms with Crippen LogP contribution < -0.4 is 5.32 Å². The molecule has 2 rings (SSSR count). The van der Waals surface area contributed by atoms with Gasteiger partial charge in [0.25, 0.3) is 0 Å². The maximum absolute atomic E-state index is 14.1. The van der Waals surface area contributed by atoms with Crippen molar-refractivity contribution in [2.45, 2.75) is 39.7 Å². The summed E-state index contributed by atoms with van der Waals surface area (Å²) in [7, 11) is 0. The standard InChI is InChI=1S/C16H20F2N2S/c1-4-8-19-15(12-9-11(17)6-7-13(12)18)16-20-14(5-2)10(3)21-16/h6-7,9,15,19H,4-5,8H2,1-3H3. The molecule has 1 aromatic heterocycles. The van der Waals surface area contributed by atoms with Crippen molar-refractivity contribution in [3.8, 4) is 0 Å². The van der Waals surface area contributed by atoms with Gasteiger partial charge in [0.05, 0.1) is 11.7 Å². The zero-order chi connectivity index (χ0) is 15.4. The van der Waals surface area contributed by atoms with Gasteiger partial charge in [-0.15, -0.1) is 11.3 Å². The Balaban J connectivity index is 2.44.